The van der Waals surface area contributed by atoms with E-state index in [4.69, 9.17) is 0 Å². The molecule has 3 aromatic rings. The zero-order valence-electron chi connectivity index (χ0n) is 11.7. The molecule has 0 unspecified atom stereocenters. The predicted octanol–water partition coefficient (Wildman–Crippen LogP) is 6.00. The molecule has 4 heteroatoms. The molecule has 21 heavy (non-hydrogen) atoms. The first-order valence-corrected chi connectivity index (χ1v) is 8.16. The van der Waals surface area contributed by atoms with Gasteiger partial charge in [0.2, 0.25) is 0 Å². The van der Waals surface area contributed by atoms with Crippen LogP contribution in [0.15, 0.2) is 46.9 Å². The van der Waals surface area contributed by atoms with Crippen LogP contribution < -0.4 is 0 Å². The minimum Gasteiger partial charge on any atom is -0.236 e. The summed E-state index contributed by atoms with van der Waals surface area (Å²) in [4.78, 5) is 5.73. The number of thiazole rings is 1. The van der Waals surface area contributed by atoms with Gasteiger partial charge in [-0.1, -0.05) is 40.2 Å². The fraction of sp³-hybridized carbons (Fsp3) is 0.118. The van der Waals surface area contributed by atoms with Gasteiger partial charge in [-0.2, -0.15) is 0 Å². The zero-order chi connectivity index (χ0) is 15.0. The van der Waals surface area contributed by atoms with Crippen molar-refractivity contribution in [2.45, 2.75) is 13.8 Å². The predicted molar refractivity (Wildman–Crippen MR) is 90.1 cm³/mol. The van der Waals surface area contributed by atoms with Crippen molar-refractivity contribution in [1.29, 1.82) is 0 Å². The van der Waals surface area contributed by atoms with E-state index in [1.54, 1.807) is 12.1 Å². The highest BCUT2D eigenvalue weighted by Gasteiger charge is 2.15. The maximum absolute atomic E-state index is 14.1. The maximum Gasteiger partial charge on any atom is 0.133 e. The molecule has 0 aliphatic rings. The number of hydrogen-bond acceptors (Lipinski definition) is 2. The van der Waals surface area contributed by atoms with Crippen LogP contribution in [0.5, 0.6) is 0 Å². The molecule has 0 fully saturated rings. The Balaban J connectivity index is 2.12. The zero-order valence-corrected chi connectivity index (χ0v) is 14.1. The van der Waals surface area contributed by atoms with E-state index < -0.39 is 0 Å². The van der Waals surface area contributed by atoms with E-state index in [0.29, 0.717) is 5.56 Å². The normalized spacial score (nSPS) is 10.9. The number of rotatable bonds is 2. The van der Waals surface area contributed by atoms with Gasteiger partial charge in [0.15, 0.2) is 0 Å². The van der Waals surface area contributed by atoms with Crippen LogP contribution in [-0.4, -0.2) is 4.98 Å². The fourth-order valence-corrected chi connectivity index (χ4v) is 3.64. The molecule has 0 bridgehead atoms. The lowest BCUT2D eigenvalue weighted by atomic mass is 10.1. The highest BCUT2D eigenvalue weighted by Crippen LogP contribution is 2.37. The SMILES string of the molecule is Cc1ccc(-c2nc(-c3ccccc3Br)c(C)s2)c(F)c1. The first-order chi connectivity index (χ1) is 10.1. The molecule has 0 spiro atoms. The van der Waals surface area contributed by atoms with Crippen molar-refractivity contribution in [1.82, 2.24) is 4.98 Å². The van der Waals surface area contributed by atoms with E-state index in [2.05, 4.69) is 20.9 Å². The molecule has 1 heterocycles. The van der Waals surface area contributed by atoms with E-state index >= 15 is 0 Å². The summed E-state index contributed by atoms with van der Waals surface area (Å²) in [6.45, 7) is 3.90. The van der Waals surface area contributed by atoms with E-state index in [0.717, 1.165) is 31.2 Å². The lowest BCUT2D eigenvalue weighted by Crippen LogP contribution is -1.86. The average molecular weight is 362 g/mol. The van der Waals surface area contributed by atoms with E-state index in [-0.39, 0.29) is 5.82 Å². The highest BCUT2D eigenvalue weighted by atomic mass is 79.9. The van der Waals surface area contributed by atoms with Crippen LogP contribution in [0, 0.1) is 19.7 Å². The van der Waals surface area contributed by atoms with Gasteiger partial charge in [-0.25, -0.2) is 9.37 Å². The molecule has 0 saturated carbocycles. The van der Waals surface area contributed by atoms with Gasteiger partial charge in [-0.05, 0) is 37.6 Å². The molecule has 0 aliphatic heterocycles. The molecule has 0 radical (unpaired) electrons. The molecule has 106 valence electrons. The number of hydrogen-bond donors (Lipinski definition) is 0. The van der Waals surface area contributed by atoms with Crippen LogP contribution in [0.2, 0.25) is 0 Å². The van der Waals surface area contributed by atoms with Crippen molar-refractivity contribution in [3.63, 3.8) is 0 Å². The highest BCUT2D eigenvalue weighted by molar-refractivity contribution is 9.10. The van der Waals surface area contributed by atoms with Gasteiger partial charge in [-0.15, -0.1) is 11.3 Å². The van der Waals surface area contributed by atoms with Gasteiger partial charge < -0.3 is 0 Å². The fourth-order valence-electron chi connectivity index (χ4n) is 2.21. The molecular weight excluding hydrogens is 349 g/mol. The number of benzene rings is 2. The summed E-state index contributed by atoms with van der Waals surface area (Å²) in [6.07, 6.45) is 0. The van der Waals surface area contributed by atoms with Crippen molar-refractivity contribution in [2.75, 3.05) is 0 Å². The molecule has 3 rings (SSSR count). The third kappa shape index (κ3) is 2.78. The standard InChI is InChI=1S/C17H13BrFNS/c1-10-7-8-13(15(19)9-10)17-20-16(11(2)21-17)12-5-3-4-6-14(12)18/h3-9H,1-2H3. The van der Waals surface area contributed by atoms with Crippen LogP contribution in [0.1, 0.15) is 10.4 Å². The average Bonchev–Trinajstić information content (AvgIpc) is 2.81. The van der Waals surface area contributed by atoms with Gasteiger partial charge >= 0.3 is 0 Å². The summed E-state index contributed by atoms with van der Waals surface area (Å²) in [6, 6.07) is 13.2. The van der Waals surface area contributed by atoms with Gasteiger partial charge in [0, 0.05) is 20.5 Å². The molecule has 1 aromatic heterocycles. The summed E-state index contributed by atoms with van der Waals surface area (Å²) in [5.41, 5.74) is 3.41. The minimum atomic E-state index is -0.220. The maximum atomic E-state index is 14.1. The molecule has 0 atom stereocenters. The lowest BCUT2D eigenvalue weighted by molar-refractivity contribution is 0.630. The Morgan fingerprint density at radius 3 is 2.52 bits per heavy atom. The first kappa shape index (κ1) is 14.4. The van der Waals surface area contributed by atoms with Gasteiger partial charge in [0.25, 0.3) is 0 Å². The van der Waals surface area contributed by atoms with Crippen molar-refractivity contribution in [3.05, 3.63) is 63.2 Å². The summed E-state index contributed by atoms with van der Waals surface area (Å²) >= 11 is 5.07. The molecule has 2 aromatic carbocycles. The molecule has 0 N–H and O–H groups in total. The summed E-state index contributed by atoms with van der Waals surface area (Å²) in [5.74, 6) is -0.220. The quantitative estimate of drug-likeness (QED) is 0.545. The van der Waals surface area contributed by atoms with Gasteiger partial charge in [0.05, 0.1) is 5.69 Å². The topological polar surface area (TPSA) is 12.9 Å². The lowest BCUT2D eigenvalue weighted by Gasteiger charge is -2.02. The minimum absolute atomic E-state index is 0.220. The molecule has 1 nitrogen and oxygen atoms in total. The Morgan fingerprint density at radius 2 is 1.81 bits per heavy atom. The van der Waals surface area contributed by atoms with Gasteiger partial charge in [-0.3, -0.25) is 0 Å². The second-order valence-electron chi connectivity index (χ2n) is 4.89. The summed E-state index contributed by atoms with van der Waals surface area (Å²) < 4.78 is 15.1. The Kier molecular flexibility index (Phi) is 3.91. The molecule has 0 aliphatic carbocycles. The van der Waals surface area contributed by atoms with Crippen LogP contribution in [0.3, 0.4) is 0 Å². The monoisotopic (exact) mass is 361 g/mol. The largest absolute Gasteiger partial charge is 0.236 e. The second-order valence-corrected chi connectivity index (χ2v) is 6.94. The Morgan fingerprint density at radius 1 is 1.05 bits per heavy atom. The van der Waals surface area contributed by atoms with Crippen molar-refractivity contribution >= 4 is 27.3 Å². The molecule has 0 saturated heterocycles. The Hall–Kier alpha value is -1.52. The molecular formula is C17H13BrFNS. The smallest absolute Gasteiger partial charge is 0.133 e. The third-order valence-electron chi connectivity index (χ3n) is 3.28. The van der Waals surface area contributed by atoms with Crippen molar-refractivity contribution < 1.29 is 4.39 Å². The van der Waals surface area contributed by atoms with Crippen molar-refractivity contribution in [3.8, 4) is 21.8 Å². The molecule has 0 amide bonds. The van der Waals surface area contributed by atoms with E-state index in [1.165, 1.54) is 11.3 Å². The van der Waals surface area contributed by atoms with Crippen LogP contribution in [0.25, 0.3) is 21.8 Å². The number of halogens is 2. The second kappa shape index (κ2) is 5.70. The first-order valence-electron chi connectivity index (χ1n) is 6.55. The number of nitrogens with zero attached hydrogens (tertiary/aromatic N) is 1. The van der Waals surface area contributed by atoms with Crippen LogP contribution in [-0.2, 0) is 0 Å². The van der Waals surface area contributed by atoms with Crippen LogP contribution in [0.4, 0.5) is 4.39 Å². The van der Waals surface area contributed by atoms with E-state index in [9.17, 15) is 4.39 Å². The third-order valence-corrected chi connectivity index (χ3v) is 4.98. The van der Waals surface area contributed by atoms with Crippen LogP contribution >= 0.6 is 27.3 Å². The van der Waals surface area contributed by atoms with Gasteiger partial charge in [0.1, 0.15) is 10.8 Å². The summed E-state index contributed by atoms with van der Waals surface area (Å²) in [5, 5.41) is 0.718. The Labute approximate surface area is 135 Å². The number of aryl methyl sites for hydroxylation is 2. The number of aromatic nitrogens is 1. The van der Waals surface area contributed by atoms with E-state index in [1.807, 2.05) is 44.2 Å². The van der Waals surface area contributed by atoms with Crippen molar-refractivity contribution in [2.24, 2.45) is 0 Å². The Bertz CT molecular complexity index is 810. The summed E-state index contributed by atoms with van der Waals surface area (Å²) in [7, 11) is 0.